The number of benzene rings is 1. The van der Waals surface area contributed by atoms with Crippen LogP contribution in [0.15, 0.2) is 47.5 Å². The van der Waals surface area contributed by atoms with Gasteiger partial charge in [-0.05, 0) is 18.2 Å². The molecule has 0 saturated carbocycles. The van der Waals surface area contributed by atoms with Gasteiger partial charge in [-0.3, -0.25) is 0 Å². The van der Waals surface area contributed by atoms with Gasteiger partial charge in [0.15, 0.2) is 9.84 Å². The van der Waals surface area contributed by atoms with E-state index in [1.54, 1.807) is 18.2 Å². The van der Waals surface area contributed by atoms with Crippen LogP contribution in [0, 0.1) is 0 Å². The number of aromatic nitrogens is 1. The van der Waals surface area contributed by atoms with Crippen molar-refractivity contribution >= 4 is 33.2 Å². The first-order chi connectivity index (χ1) is 9.47. The number of nitrogens with zero attached hydrogens (tertiary/aromatic N) is 1. The van der Waals surface area contributed by atoms with E-state index in [1.807, 2.05) is 0 Å². The van der Waals surface area contributed by atoms with Crippen molar-refractivity contribution in [1.29, 1.82) is 0 Å². The summed E-state index contributed by atoms with van der Waals surface area (Å²) >= 11 is 1.16. The maximum absolute atomic E-state index is 12.1. The van der Waals surface area contributed by atoms with Crippen LogP contribution in [0.1, 0.15) is 9.88 Å². The minimum absolute atomic E-state index is 0.192. The first-order valence-electron chi connectivity index (χ1n) is 5.61. The van der Waals surface area contributed by atoms with E-state index in [0.717, 1.165) is 17.4 Å². The van der Waals surface area contributed by atoms with Crippen molar-refractivity contribution in [3.05, 3.63) is 52.5 Å². The highest BCUT2D eigenvalue weighted by molar-refractivity contribution is 7.90. The molecule has 0 bridgehead atoms. The summed E-state index contributed by atoms with van der Waals surface area (Å²) in [6, 6.07) is 8.14. The molecule has 5 nitrogen and oxygen atoms in total. The molecule has 0 saturated heterocycles. The smallest absolute Gasteiger partial charge is 0.328 e. The van der Waals surface area contributed by atoms with Crippen LogP contribution >= 0.6 is 11.3 Å². The summed E-state index contributed by atoms with van der Waals surface area (Å²) in [4.78, 5) is 15.2. The summed E-state index contributed by atoms with van der Waals surface area (Å²) < 4.78 is 24.3. The molecule has 1 heterocycles. The largest absolute Gasteiger partial charge is 0.478 e. The van der Waals surface area contributed by atoms with Crippen molar-refractivity contribution in [3.63, 3.8) is 0 Å². The van der Waals surface area contributed by atoms with Gasteiger partial charge in [-0.2, -0.15) is 0 Å². The summed E-state index contributed by atoms with van der Waals surface area (Å²) in [5.74, 6) is -1.25. The summed E-state index contributed by atoms with van der Waals surface area (Å²) in [7, 11) is -3.42. The van der Waals surface area contributed by atoms with Crippen LogP contribution in [0.5, 0.6) is 0 Å². The van der Waals surface area contributed by atoms with Gasteiger partial charge < -0.3 is 5.11 Å². The fraction of sp³-hybridized carbons (Fsp3) is 0.0769. The molecule has 1 N–H and O–H groups in total. The van der Waals surface area contributed by atoms with E-state index in [0.29, 0.717) is 9.88 Å². The minimum atomic E-state index is -3.42. The van der Waals surface area contributed by atoms with E-state index in [-0.39, 0.29) is 10.6 Å². The third kappa shape index (κ3) is 3.75. The maximum Gasteiger partial charge on any atom is 0.328 e. The highest BCUT2D eigenvalue weighted by Crippen LogP contribution is 2.20. The molecular weight excluding hydrogens is 298 g/mol. The molecule has 0 aliphatic carbocycles. The van der Waals surface area contributed by atoms with Crippen molar-refractivity contribution in [1.82, 2.24) is 4.98 Å². The van der Waals surface area contributed by atoms with E-state index in [9.17, 15) is 13.2 Å². The lowest BCUT2D eigenvalue weighted by Crippen LogP contribution is -2.04. The van der Waals surface area contributed by atoms with E-state index in [2.05, 4.69) is 4.98 Å². The van der Waals surface area contributed by atoms with Gasteiger partial charge in [-0.1, -0.05) is 18.2 Å². The molecule has 0 radical (unpaired) electrons. The van der Waals surface area contributed by atoms with E-state index in [1.165, 1.54) is 24.4 Å². The number of thiazole rings is 1. The summed E-state index contributed by atoms with van der Waals surface area (Å²) in [5, 5.41) is 8.95. The van der Waals surface area contributed by atoms with Gasteiger partial charge in [0.1, 0.15) is 10.8 Å². The molecule has 0 aliphatic heterocycles. The number of sulfone groups is 1. The first kappa shape index (κ1) is 14.4. The van der Waals surface area contributed by atoms with Gasteiger partial charge in [0.05, 0.1) is 4.90 Å². The highest BCUT2D eigenvalue weighted by Gasteiger charge is 2.16. The van der Waals surface area contributed by atoms with Crippen LogP contribution in [0.2, 0.25) is 0 Å². The zero-order valence-corrected chi connectivity index (χ0v) is 11.9. The van der Waals surface area contributed by atoms with E-state index in [4.69, 9.17) is 5.11 Å². The number of carboxylic acid groups (broad SMARTS) is 1. The van der Waals surface area contributed by atoms with Crippen molar-refractivity contribution in [2.75, 3.05) is 0 Å². The molecule has 0 spiro atoms. The van der Waals surface area contributed by atoms with Gasteiger partial charge in [0.2, 0.25) is 0 Å². The second kappa shape index (κ2) is 5.98. The van der Waals surface area contributed by atoms with Crippen molar-refractivity contribution < 1.29 is 18.3 Å². The number of hydrogen-bond acceptors (Lipinski definition) is 5. The molecule has 20 heavy (non-hydrogen) atoms. The zero-order chi connectivity index (χ0) is 14.6. The monoisotopic (exact) mass is 309 g/mol. The Morgan fingerprint density at radius 1 is 1.30 bits per heavy atom. The Labute approximate surface area is 120 Å². The van der Waals surface area contributed by atoms with Crippen molar-refractivity contribution in [2.24, 2.45) is 0 Å². The van der Waals surface area contributed by atoms with Gasteiger partial charge >= 0.3 is 5.97 Å². The zero-order valence-electron chi connectivity index (χ0n) is 10.3. The Kier molecular flexibility index (Phi) is 4.31. The van der Waals surface area contributed by atoms with Crippen LogP contribution in [-0.4, -0.2) is 24.5 Å². The molecule has 1 aromatic carbocycles. The van der Waals surface area contributed by atoms with Gasteiger partial charge in [0.25, 0.3) is 0 Å². The quantitative estimate of drug-likeness (QED) is 0.856. The second-order valence-corrected chi connectivity index (χ2v) is 7.04. The molecule has 0 unspecified atom stereocenters. The highest BCUT2D eigenvalue weighted by atomic mass is 32.2. The van der Waals surface area contributed by atoms with Crippen LogP contribution in [-0.2, 0) is 20.4 Å². The maximum atomic E-state index is 12.1. The number of aliphatic carboxylic acids is 1. The molecule has 0 aliphatic rings. The fourth-order valence-electron chi connectivity index (χ4n) is 1.50. The Hall–Kier alpha value is -1.99. The molecule has 1 aromatic heterocycles. The molecule has 104 valence electrons. The van der Waals surface area contributed by atoms with Gasteiger partial charge in [-0.25, -0.2) is 18.2 Å². The van der Waals surface area contributed by atoms with E-state index < -0.39 is 15.8 Å². The predicted molar refractivity (Wildman–Crippen MR) is 76.1 cm³/mol. The normalized spacial score (nSPS) is 11.8. The lowest BCUT2D eigenvalue weighted by molar-refractivity contribution is -0.131. The number of carbonyl (C=O) groups is 1. The summed E-state index contributed by atoms with van der Waals surface area (Å²) in [6.45, 7) is 0. The molecule has 7 heteroatoms. The van der Waals surface area contributed by atoms with Crippen molar-refractivity contribution in [2.45, 2.75) is 10.6 Å². The van der Waals surface area contributed by atoms with Gasteiger partial charge in [-0.15, -0.1) is 11.3 Å². The molecule has 2 aromatic rings. The average Bonchev–Trinajstić information content (AvgIpc) is 2.84. The first-order valence-corrected chi connectivity index (χ1v) is 8.08. The lowest BCUT2D eigenvalue weighted by atomic mass is 10.4. The molecule has 0 atom stereocenters. The standard InChI is InChI=1S/C13H11NO4S2/c15-13(16)7-6-10-8-14-12(19-10)9-20(17,18)11-4-2-1-3-5-11/h1-8H,9H2,(H,15,16)/b7-6+. The SMILES string of the molecule is O=C(O)/C=C/c1cnc(CS(=O)(=O)c2ccccc2)s1. The minimum Gasteiger partial charge on any atom is -0.478 e. The lowest BCUT2D eigenvalue weighted by Gasteiger charge is -2.01. The van der Waals surface area contributed by atoms with Gasteiger partial charge in [0, 0.05) is 17.2 Å². The Morgan fingerprint density at radius 2 is 2.00 bits per heavy atom. The number of rotatable bonds is 5. The third-order valence-electron chi connectivity index (χ3n) is 2.38. The number of hydrogen-bond donors (Lipinski definition) is 1. The van der Waals surface area contributed by atoms with Crippen LogP contribution in [0.4, 0.5) is 0 Å². The molecular formula is C13H11NO4S2. The molecule has 2 rings (SSSR count). The van der Waals surface area contributed by atoms with Crippen molar-refractivity contribution in [3.8, 4) is 0 Å². The molecule has 0 fully saturated rings. The predicted octanol–water partition coefficient (Wildman–Crippen LogP) is 2.21. The van der Waals surface area contributed by atoms with E-state index >= 15 is 0 Å². The van der Waals surface area contributed by atoms with Crippen LogP contribution < -0.4 is 0 Å². The topological polar surface area (TPSA) is 84.3 Å². The average molecular weight is 309 g/mol. The summed E-state index contributed by atoms with van der Waals surface area (Å²) in [5.41, 5.74) is 0. The summed E-state index contributed by atoms with van der Waals surface area (Å²) in [6.07, 6.45) is 3.83. The Bertz CT molecular complexity index is 733. The molecule has 0 amide bonds. The Morgan fingerprint density at radius 3 is 2.65 bits per heavy atom. The fourth-order valence-corrected chi connectivity index (χ4v) is 3.95. The Balaban J connectivity index is 2.17. The van der Waals surface area contributed by atoms with Crippen LogP contribution in [0.3, 0.4) is 0 Å². The second-order valence-electron chi connectivity index (χ2n) is 3.90. The van der Waals surface area contributed by atoms with Crippen LogP contribution in [0.25, 0.3) is 6.08 Å². The third-order valence-corrected chi connectivity index (χ3v) is 5.17. The number of carboxylic acids is 1.